The van der Waals surface area contributed by atoms with Gasteiger partial charge in [-0.15, -0.1) is 0 Å². The average molecular weight is 308 g/mol. The molecule has 0 bridgehead atoms. The second-order valence-corrected chi connectivity index (χ2v) is 4.90. The Kier molecular flexibility index (Phi) is 5.17. The third-order valence-electron chi connectivity index (χ3n) is 3.00. The van der Waals surface area contributed by atoms with Gasteiger partial charge in [-0.25, -0.2) is 4.39 Å². The molecule has 0 aliphatic carbocycles. The van der Waals surface area contributed by atoms with Gasteiger partial charge in [-0.1, -0.05) is 29.8 Å². The molecule has 0 saturated carbocycles. The first-order valence-electron chi connectivity index (χ1n) is 6.47. The maximum Gasteiger partial charge on any atom is 0.224 e. The van der Waals surface area contributed by atoms with E-state index in [1.165, 1.54) is 13.2 Å². The van der Waals surface area contributed by atoms with Crippen molar-refractivity contribution in [2.24, 2.45) is 0 Å². The van der Waals surface area contributed by atoms with Crippen molar-refractivity contribution < 1.29 is 13.9 Å². The Balaban J connectivity index is 1.92. The number of aryl methyl sites for hydroxylation is 1. The van der Waals surface area contributed by atoms with E-state index in [-0.39, 0.29) is 18.1 Å². The van der Waals surface area contributed by atoms with Gasteiger partial charge in [0.2, 0.25) is 5.91 Å². The van der Waals surface area contributed by atoms with Crippen molar-refractivity contribution in [3.8, 4) is 5.75 Å². The summed E-state index contributed by atoms with van der Waals surface area (Å²) < 4.78 is 18.4. The van der Waals surface area contributed by atoms with Crippen LogP contribution < -0.4 is 10.1 Å². The molecule has 0 aromatic heterocycles. The lowest BCUT2D eigenvalue weighted by molar-refractivity contribution is -0.116. The van der Waals surface area contributed by atoms with Gasteiger partial charge >= 0.3 is 0 Å². The number of para-hydroxylation sites is 1. The van der Waals surface area contributed by atoms with Crippen molar-refractivity contribution in [2.45, 2.75) is 12.8 Å². The van der Waals surface area contributed by atoms with Crippen LogP contribution in [-0.2, 0) is 11.2 Å². The van der Waals surface area contributed by atoms with E-state index in [4.69, 9.17) is 16.3 Å². The van der Waals surface area contributed by atoms with Crippen molar-refractivity contribution in [1.82, 2.24) is 0 Å². The van der Waals surface area contributed by atoms with Crippen LogP contribution in [0.2, 0.25) is 5.02 Å². The molecule has 0 aliphatic rings. The van der Waals surface area contributed by atoms with Crippen LogP contribution in [0.15, 0.2) is 42.5 Å². The number of carbonyl (C=O) groups is 1. The van der Waals surface area contributed by atoms with Crippen LogP contribution in [0.25, 0.3) is 0 Å². The van der Waals surface area contributed by atoms with Gasteiger partial charge in [0.05, 0.1) is 17.8 Å². The second kappa shape index (κ2) is 7.09. The summed E-state index contributed by atoms with van der Waals surface area (Å²) in [5.74, 6) is -0.403. The summed E-state index contributed by atoms with van der Waals surface area (Å²) in [6.45, 7) is 0. The van der Waals surface area contributed by atoms with Gasteiger partial charge in [0.1, 0.15) is 0 Å². The summed E-state index contributed by atoms with van der Waals surface area (Å²) in [6.07, 6.45) is 0.689. The molecular weight excluding hydrogens is 293 g/mol. The smallest absolute Gasteiger partial charge is 0.224 e. The van der Waals surface area contributed by atoms with Gasteiger partial charge < -0.3 is 10.1 Å². The zero-order valence-electron chi connectivity index (χ0n) is 11.5. The van der Waals surface area contributed by atoms with Crippen LogP contribution >= 0.6 is 11.6 Å². The van der Waals surface area contributed by atoms with E-state index in [1.54, 1.807) is 36.4 Å². The number of methoxy groups -OCH3 is 1. The van der Waals surface area contributed by atoms with E-state index in [2.05, 4.69) is 5.32 Å². The van der Waals surface area contributed by atoms with Gasteiger partial charge in [0, 0.05) is 6.42 Å². The summed E-state index contributed by atoms with van der Waals surface area (Å²) >= 11 is 5.96. The molecular formula is C16H15ClFNO2. The molecule has 0 atom stereocenters. The number of amides is 1. The predicted molar refractivity (Wildman–Crippen MR) is 81.4 cm³/mol. The van der Waals surface area contributed by atoms with Gasteiger partial charge in [-0.05, 0) is 36.2 Å². The first kappa shape index (κ1) is 15.3. The Morgan fingerprint density at radius 3 is 2.71 bits per heavy atom. The standard InChI is InChI=1S/C16H15ClFNO2/c1-21-15-8-6-11(10-13(15)18)7-9-16(20)19-14-5-3-2-4-12(14)17/h2-6,8,10H,7,9H2,1H3,(H,19,20). The second-order valence-electron chi connectivity index (χ2n) is 4.50. The molecule has 0 spiro atoms. The van der Waals surface area contributed by atoms with Crippen LogP contribution in [0.3, 0.4) is 0 Å². The predicted octanol–water partition coefficient (Wildman–Crippen LogP) is 4.06. The largest absolute Gasteiger partial charge is 0.494 e. The quantitative estimate of drug-likeness (QED) is 0.904. The fourth-order valence-corrected chi connectivity index (χ4v) is 2.08. The molecule has 3 nitrogen and oxygen atoms in total. The normalized spacial score (nSPS) is 10.2. The number of hydrogen-bond donors (Lipinski definition) is 1. The minimum absolute atomic E-state index is 0.167. The number of carbonyl (C=O) groups excluding carboxylic acids is 1. The molecule has 110 valence electrons. The number of halogens is 2. The molecule has 5 heteroatoms. The Labute approximate surface area is 127 Å². The zero-order valence-corrected chi connectivity index (χ0v) is 12.3. The monoisotopic (exact) mass is 307 g/mol. The summed E-state index contributed by atoms with van der Waals surface area (Å²) in [6, 6.07) is 11.7. The number of hydrogen-bond acceptors (Lipinski definition) is 2. The molecule has 2 aromatic carbocycles. The van der Waals surface area contributed by atoms with Crippen LogP contribution in [0.1, 0.15) is 12.0 Å². The molecule has 0 heterocycles. The Morgan fingerprint density at radius 1 is 1.29 bits per heavy atom. The van der Waals surface area contributed by atoms with E-state index in [1.807, 2.05) is 0 Å². The Hall–Kier alpha value is -2.07. The lowest BCUT2D eigenvalue weighted by Crippen LogP contribution is -2.12. The topological polar surface area (TPSA) is 38.3 Å². The maximum absolute atomic E-state index is 13.5. The highest BCUT2D eigenvalue weighted by Crippen LogP contribution is 2.21. The van der Waals surface area contributed by atoms with E-state index in [9.17, 15) is 9.18 Å². The average Bonchev–Trinajstić information content (AvgIpc) is 2.48. The van der Waals surface area contributed by atoms with Crippen LogP contribution in [0, 0.1) is 5.82 Å². The molecule has 2 rings (SSSR count). The van der Waals surface area contributed by atoms with E-state index < -0.39 is 5.82 Å². The molecule has 0 saturated heterocycles. The highest BCUT2D eigenvalue weighted by molar-refractivity contribution is 6.33. The molecule has 21 heavy (non-hydrogen) atoms. The van der Waals surface area contributed by atoms with Crippen LogP contribution in [-0.4, -0.2) is 13.0 Å². The summed E-state index contributed by atoms with van der Waals surface area (Å²) in [7, 11) is 1.41. The summed E-state index contributed by atoms with van der Waals surface area (Å²) in [4.78, 5) is 11.9. The Bertz CT molecular complexity index is 646. The minimum Gasteiger partial charge on any atom is -0.494 e. The maximum atomic E-state index is 13.5. The lowest BCUT2D eigenvalue weighted by atomic mass is 10.1. The van der Waals surface area contributed by atoms with Gasteiger partial charge in [0.15, 0.2) is 11.6 Å². The van der Waals surface area contributed by atoms with Crippen LogP contribution in [0.4, 0.5) is 10.1 Å². The molecule has 1 amide bonds. The minimum atomic E-state index is -0.429. The molecule has 2 aromatic rings. The van der Waals surface area contributed by atoms with Gasteiger partial charge in [-0.2, -0.15) is 0 Å². The SMILES string of the molecule is COc1ccc(CCC(=O)Nc2ccccc2Cl)cc1F. The van der Waals surface area contributed by atoms with E-state index in [0.717, 1.165) is 5.56 Å². The molecule has 0 radical (unpaired) electrons. The Morgan fingerprint density at radius 2 is 2.05 bits per heavy atom. The zero-order chi connectivity index (χ0) is 15.2. The summed E-state index contributed by atoms with van der Waals surface area (Å²) in [5, 5.41) is 3.22. The molecule has 1 N–H and O–H groups in total. The number of nitrogens with one attached hydrogen (secondary N) is 1. The number of ether oxygens (including phenoxy) is 1. The number of rotatable bonds is 5. The molecule has 0 aliphatic heterocycles. The van der Waals surface area contributed by atoms with E-state index >= 15 is 0 Å². The van der Waals surface area contributed by atoms with Crippen molar-refractivity contribution in [1.29, 1.82) is 0 Å². The van der Waals surface area contributed by atoms with Crippen molar-refractivity contribution in [3.63, 3.8) is 0 Å². The van der Waals surface area contributed by atoms with Crippen molar-refractivity contribution in [2.75, 3.05) is 12.4 Å². The first-order valence-corrected chi connectivity index (χ1v) is 6.84. The fraction of sp³-hybridized carbons (Fsp3) is 0.188. The highest BCUT2D eigenvalue weighted by atomic mass is 35.5. The lowest BCUT2D eigenvalue weighted by Gasteiger charge is -2.08. The van der Waals surface area contributed by atoms with Crippen LogP contribution in [0.5, 0.6) is 5.75 Å². The fourth-order valence-electron chi connectivity index (χ4n) is 1.90. The third-order valence-corrected chi connectivity index (χ3v) is 3.33. The highest BCUT2D eigenvalue weighted by Gasteiger charge is 2.08. The van der Waals surface area contributed by atoms with E-state index in [0.29, 0.717) is 17.1 Å². The third kappa shape index (κ3) is 4.20. The molecule has 0 unspecified atom stereocenters. The van der Waals surface area contributed by atoms with Gasteiger partial charge in [-0.3, -0.25) is 4.79 Å². The first-order chi connectivity index (χ1) is 10.1. The summed E-state index contributed by atoms with van der Waals surface area (Å²) in [5.41, 5.74) is 1.31. The number of benzene rings is 2. The van der Waals surface area contributed by atoms with Gasteiger partial charge in [0.25, 0.3) is 0 Å². The number of anilines is 1. The van der Waals surface area contributed by atoms with Crippen molar-refractivity contribution >= 4 is 23.2 Å². The van der Waals surface area contributed by atoms with Crippen molar-refractivity contribution in [3.05, 3.63) is 58.9 Å². The molecule has 0 fully saturated rings.